The second-order valence-electron chi connectivity index (χ2n) is 5.08. The van der Waals surface area contributed by atoms with Gasteiger partial charge in [-0.25, -0.2) is 0 Å². The molecule has 1 aromatic carbocycles. The molecular formula is C16H22O2. The monoisotopic (exact) mass is 246 g/mol. The summed E-state index contributed by atoms with van der Waals surface area (Å²) < 4.78 is 0. The van der Waals surface area contributed by atoms with Crippen molar-refractivity contribution < 1.29 is 10.2 Å². The minimum atomic E-state index is 0.156. The lowest BCUT2D eigenvalue weighted by molar-refractivity contribution is 0.441. The van der Waals surface area contributed by atoms with Crippen molar-refractivity contribution in [1.29, 1.82) is 0 Å². The molecule has 0 unspecified atom stereocenters. The summed E-state index contributed by atoms with van der Waals surface area (Å²) in [6.45, 7) is 13.5. The molecule has 18 heavy (non-hydrogen) atoms. The molecule has 2 nitrogen and oxygen atoms in total. The predicted octanol–water partition coefficient (Wildman–Crippen LogP) is 4.07. The summed E-state index contributed by atoms with van der Waals surface area (Å²) in [4.78, 5) is 0. The third-order valence-electron chi connectivity index (χ3n) is 2.92. The van der Waals surface area contributed by atoms with Gasteiger partial charge in [0.05, 0.1) is 0 Å². The lowest BCUT2D eigenvalue weighted by atomic mass is 9.89. The van der Waals surface area contributed by atoms with E-state index in [0.29, 0.717) is 18.4 Å². The molecule has 2 heteroatoms. The zero-order valence-corrected chi connectivity index (χ0v) is 11.5. The Morgan fingerprint density at radius 1 is 1.39 bits per heavy atom. The van der Waals surface area contributed by atoms with Crippen LogP contribution in [-0.4, -0.2) is 10.2 Å². The minimum Gasteiger partial charge on any atom is -0.508 e. The van der Waals surface area contributed by atoms with Gasteiger partial charge in [0.25, 0.3) is 0 Å². The van der Waals surface area contributed by atoms with E-state index in [-0.39, 0.29) is 17.4 Å². The number of allylic oxidation sites excluding steroid dienone is 2. The molecule has 1 rings (SSSR count). The van der Waals surface area contributed by atoms with Crippen LogP contribution in [0, 0.1) is 0 Å². The molecule has 0 atom stereocenters. The van der Waals surface area contributed by atoms with Crippen molar-refractivity contribution in [3.63, 3.8) is 0 Å². The molecule has 98 valence electrons. The molecule has 0 amide bonds. The number of phenolic OH excluding ortho intramolecular Hbond substituents is 2. The summed E-state index contributed by atoms with van der Waals surface area (Å²) in [5.41, 5.74) is 3.27. The maximum Gasteiger partial charge on any atom is 0.123 e. The molecule has 0 spiro atoms. The van der Waals surface area contributed by atoms with Crippen LogP contribution in [0.4, 0.5) is 0 Å². The third-order valence-corrected chi connectivity index (χ3v) is 2.92. The zero-order valence-electron chi connectivity index (χ0n) is 11.5. The number of benzene rings is 1. The van der Waals surface area contributed by atoms with Crippen LogP contribution in [-0.2, 0) is 12.8 Å². The lowest BCUT2D eigenvalue weighted by Crippen LogP contribution is -2.01. The van der Waals surface area contributed by atoms with Gasteiger partial charge in [0.15, 0.2) is 0 Å². The molecule has 0 aliphatic rings. The number of phenols is 2. The number of aromatic hydroxyl groups is 2. The first-order chi connectivity index (χ1) is 8.38. The highest BCUT2D eigenvalue weighted by molar-refractivity contribution is 5.55. The molecule has 1 aromatic rings. The fourth-order valence-corrected chi connectivity index (χ4v) is 2.22. The van der Waals surface area contributed by atoms with Gasteiger partial charge in [-0.1, -0.05) is 32.1 Å². The Balaban J connectivity index is 3.47. The van der Waals surface area contributed by atoms with Crippen molar-refractivity contribution in [2.24, 2.45) is 0 Å². The Morgan fingerprint density at radius 3 is 2.44 bits per heavy atom. The molecule has 0 fully saturated rings. The van der Waals surface area contributed by atoms with Gasteiger partial charge in [-0.05, 0) is 31.7 Å². The predicted molar refractivity (Wildman–Crippen MR) is 76.3 cm³/mol. The topological polar surface area (TPSA) is 40.5 Å². The highest BCUT2D eigenvalue weighted by Gasteiger charge is 2.19. The van der Waals surface area contributed by atoms with Crippen molar-refractivity contribution in [1.82, 2.24) is 0 Å². The Hall–Kier alpha value is -1.70. The average Bonchev–Trinajstić information content (AvgIpc) is 2.24. The first kappa shape index (κ1) is 14.4. The van der Waals surface area contributed by atoms with Gasteiger partial charge in [0.1, 0.15) is 11.5 Å². The van der Waals surface area contributed by atoms with Gasteiger partial charge in [0, 0.05) is 16.7 Å². The van der Waals surface area contributed by atoms with E-state index in [1.165, 1.54) is 0 Å². The molecule has 0 saturated heterocycles. The average molecular weight is 246 g/mol. The van der Waals surface area contributed by atoms with Gasteiger partial charge < -0.3 is 10.2 Å². The van der Waals surface area contributed by atoms with Gasteiger partial charge in [-0.2, -0.15) is 0 Å². The van der Waals surface area contributed by atoms with Crippen molar-refractivity contribution in [3.8, 4) is 11.5 Å². The summed E-state index contributed by atoms with van der Waals surface area (Å²) in [5.74, 6) is 0.665. The Kier molecular flexibility index (Phi) is 4.60. The third kappa shape index (κ3) is 2.95. The summed E-state index contributed by atoms with van der Waals surface area (Å²) in [7, 11) is 0. The first-order valence-electron chi connectivity index (χ1n) is 6.20. The van der Waals surface area contributed by atoms with Crippen molar-refractivity contribution in [3.05, 3.63) is 47.6 Å². The summed E-state index contributed by atoms with van der Waals surface area (Å²) >= 11 is 0. The van der Waals surface area contributed by atoms with Crippen LogP contribution in [0.25, 0.3) is 0 Å². The van der Waals surface area contributed by atoms with E-state index in [1.54, 1.807) is 12.1 Å². The lowest BCUT2D eigenvalue weighted by Gasteiger charge is -2.19. The molecule has 0 aromatic heterocycles. The zero-order chi connectivity index (χ0) is 13.9. The highest BCUT2D eigenvalue weighted by Crippen LogP contribution is 2.38. The summed E-state index contributed by atoms with van der Waals surface area (Å²) in [5, 5.41) is 20.5. The van der Waals surface area contributed by atoms with Gasteiger partial charge >= 0.3 is 0 Å². The van der Waals surface area contributed by atoms with Crippen LogP contribution in [0.1, 0.15) is 43.4 Å². The van der Waals surface area contributed by atoms with Crippen LogP contribution in [0.15, 0.2) is 30.9 Å². The van der Waals surface area contributed by atoms with Crippen molar-refractivity contribution in [2.45, 2.75) is 39.5 Å². The second kappa shape index (κ2) is 5.76. The SMILES string of the molecule is C=CCc1cc(O)c(C(C)C)c(CC(=C)C)c1O. The molecule has 0 radical (unpaired) electrons. The van der Waals surface area contributed by atoms with Gasteiger partial charge in [0.2, 0.25) is 0 Å². The van der Waals surface area contributed by atoms with E-state index in [1.807, 2.05) is 20.8 Å². The Morgan fingerprint density at radius 2 is 2.00 bits per heavy atom. The van der Waals surface area contributed by atoms with Crippen LogP contribution >= 0.6 is 0 Å². The van der Waals surface area contributed by atoms with Crippen LogP contribution in [0.3, 0.4) is 0 Å². The highest BCUT2D eigenvalue weighted by atomic mass is 16.3. The van der Waals surface area contributed by atoms with E-state index in [4.69, 9.17) is 0 Å². The van der Waals surface area contributed by atoms with E-state index < -0.39 is 0 Å². The molecular weight excluding hydrogens is 224 g/mol. The Labute approximate surface area is 109 Å². The number of rotatable bonds is 5. The van der Waals surface area contributed by atoms with E-state index in [2.05, 4.69) is 13.2 Å². The largest absolute Gasteiger partial charge is 0.508 e. The molecule has 0 saturated carbocycles. The second-order valence-corrected chi connectivity index (χ2v) is 5.08. The standard InChI is InChI=1S/C16H22O2/c1-6-7-12-9-14(17)15(11(4)5)13(16(12)18)8-10(2)3/h6,9,11,17-18H,1-2,7-8H2,3-5H3. The first-order valence-corrected chi connectivity index (χ1v) is 6.20. The van der Waals surface area contributed by atoms with Crippen LogP contribution in [0.2, 0.25) is 0 Å². The van der Waals surface area contributed by atoms with Crippen LogP contribution < -0.4 is 0 Å². The van der Waals surface area contributed by atoms with E-state index >= 15 is 0 Å². The quantitative estimate of drug-likeness (QED) is 0.607. The fourth-order valence-electron chi connectivity index (χ4n) is 2.22. The maximum atomic E-state index is 10.3. The van der Waals surface area contributed by atoms with Crippen molar-refractivity contribution in [2.75, 3.05) is 0 Å². The molecule has 2 N–H and O–H groups in total. The van der Waals surface area contributed by atoms with Crippen LogP contribution in [0.5, 0.6) is 11.5 Å². The number of hydrogen-bond donors (Lipinski definition) is 2. The van der Waals surface area contributed by atoms with Crippen molar-refractivity contribution >= 4 is 0 Å². The summed E-state index contributed by atoms with van der Waals surface area (Å²) in [6, 6.07) is 1.63. The molecule has 0 aliphatic carbocycles. The molecule has 0 aliphatic heterocycles. The number of hydrogen-bond acceptors (Lipinski definition) is 2. The van der Waals surface area contributed by atoms with E-state index in [9.17, 15) is 10.2 Å². The molecule has 0 heterocycles. The maximum absolute atomic E-state index is 10.3. The Bertz CT molecular complexity index is 470. The fraction of sp³-hybridized carbons (Fsp3) is 0.375. The minimum absolute atomic E-state index is 0.156. The molecule has 0 bridgehead atoms. The van der Waals surface area contributed by atoms with E-state index in [0.717, 1.165) is 16.7 Å². The normalized spacial score (nSPS) is 10.7. The van der Waals surface area contributed by atoms with Gasteiger partial charge in [-0.15, -0.1) is 6.58 Å². The smallest absolute Gasteiger partial charge is 0.123 e. The summed E-state index contributed by atoms with van der Waals surface area (Å²) in [6.07, 6.45) is 2.84. The van der Waals surface area contributed by atoms with Gasteiger partial charge in [-0.3, -0.25) is 0 Å².